The van der Waals surface area contributed by atoms with Crippen molar-refractivity contribution >= 4 is 63.1 Å². The molecule has 0 unspecified atom stereocenters. The molecule has 0 aliphatic rings. The molecule has 29 heavy (non-hydrogen) atoms. The summed E-state index contributed by atoms with van der Waals surface area (Å²) in [6.07, 6.45) is -0.798. The van der Waals surface area contributed by atoms with Gasteiger partial charge in [-0.05, 0) is 81.6 Å². The highest BCUT2D eigenvalue weighted by atomic mass is 127. The first kappa shape index (κ1) is 23.5. The lowest BCUT2D eigenvalue weighted by Crippen LogP contribution is -2.30. The molecular weight excluding hydrogens is 606 g/mol. The Balaban J connectivity index is 1.93. The van der Waals surface area contributed by atoms with Gasteiger partial charge in [0.25, 0.3) is 0 Å². The van der Waals surface area contributed by atoms with Gasteiger partial charge in [-0.1, -0.05) is 12.1 Å². The van der Waals surface area contributed by atoms with Crippen LogP contribution in [-0.4, -0.2) is 44.0 Å². The first-order chi connectivity index (χ1) is 13.8. The Bertz CT molecular complexity index is 808. The van der Waals surface area contributed by atoms with Gasteiger partial charge in [-0.2, -0.15) is 0 Å². The Morgan fingerprint density at radius 1 is 0.828 bits per heavy atom. The maximum atomic E-state index is 12.2. The van der Waals surface area contributed by atoms with Crippen LogP contribution in [0.1, 0.15) is 27.6 Å². The third-order valence-electron chi connectivity index (χ3n) is 3.49. The predicted molar refractivity (Wildman–Crippen MR) is 120 cm³/mol. The zero-order valence-electron chi connectivity index (χ0n) is 15.4. The van der Waals surface area contributed by atoms with Gasteiger partial charge in [0.15, 0.2) is 6.79 Å². The summed E-state index contributed by atoms with van der Waals surface area (Å²) in [7, 11) is 0. The van der Waals surface area contributed by atoms with Crippen LogP contribution < -0.4 is 0 Å². The summed E-state index contributed by atoms with van der Waals surface area (Å²) in [6.45, 7) is 0.546. The molecule has 0 radical (unpaired) electrons. The molecule has 2 rings (SSSR count). The number of rotatable bonds is 9. The van der Waals surface area contributed by atoms with E-state index >= 15 is 0 Å². The smallest absolute Gasteiger partial charge is 0.338 e. The Labute approximate surface area is 195 Å². The highest BCUT2D eigenvalue weighted by Gasteiger charge is 2.18. The summed E-state index contributed by atoms with van der Waals surface area (Å²) in [5.74, 6) is -1.59. The van der Waals surface area contributed by atoms with Crippen LogP contribution in [0.5, 0.6) is 0 Å². The van der Waals surface area contributed by atoms with E-state index in [1.165, 1.54) is 6.92 Å². The fourth-order valence-electron chi connectivity index (χ4n) is 2.09. The molecular formula is C20H18I2O7. The molecule has 0 saturated carbocycles. The molecule has 2 aromatic rings. The van der Waals surface area contributed by atoms with Crippen LogP contribution >= 0.6 is 45.2 Å². The van der Waals surface area contributed by atoms with Gasteiger partial charge < -0.3 is 18.9 Å². The molecule has 7 nitrogen and oxygen atoms in total. The number of benzene rings is 2. The molecule has 0 atom stereocenters. The molecule has 0 bridgehead atoms. The molecule has 0 aliphatic heterocycles. The van der Waals surface area contributed by atoms with Crippen molar-refractivity contribution < 1.29 is 33.3 Å². The summed E-state index contributed by atoms with van der Waals surface area (Å²) in [5, 5.41) is 0. The highest BCUT2D eigenvalue weighted by Crippen LogP contribution is 2.11. The lowest BCUT2D eigenvalue weighted by molar-refractivity contribution is -0.162. The quantitative estimate of drug-likeness (QED) is 0.182. The monoisotopic (exact) mass is 624 g/mol. The second-order valence-corrected chi connectivity index (χ2v) is 8.25. The average Bonchev–Trinajstić information content (AvgIpc) is 2.68. The second-order valence-electron chi connectivity index (χ2n) is 5.76. The van der Waals surface area contributed by atoms with Gasteiger partial charge in [-0.25, -0.2) is 9.59 Å². The first-order valence-corrected chi connectivity index (χ1v) is 10.6. The number of carbonyl (C=O) groups is 3. The van der Waals surface area contributed by atoms with Gasteiger partial charge in [0.2, 0.25) is 0 Å². The van der Waals surface area contributed by atoms with E-state index < -0.39 is 24.0 Å². The minimum absolute atomic E-state index is 0.175. The van der Waals surface area contributed by atoms with Crippen molar-refractivity contribution in [1.82, 2.24) is 0 Å². The molecule has 154 valence electrons. The van der Waals surface area contributed by atoms with E-state index in [1.54, 1.807) is 36.4 Å². The molecule has 0 aromatic heterocycles. The van der Waals surface area contributed by atoms with Gasteiger partial charge >= 0.3 is 17.9 Å². The van der Waals surface area contributed by atoms with Crippen molar-refractivity contribution in [2.45, 2.75) is 13.0 Å². The van der Waals surface area contributed by atoms with E-state index in [-0.39, 0.29) is 20.0 Å². The lowest BCUT2D eigenvalue weighted by atomic mass is 10.2. The van der Waals surface area contributed by atoms with E-state index in [0.29, 0.717) is 11.1 Å². The second kappa shape index (κ2) is 12.1. The van der Waals surface area contributed by atoms with Crippen LogP contribution in [-0.2, 0) is 23.7 Å². The molecule has 9 heteroatoms. The first-order valence-electron chi connectivity index (χ1n) is 8.45. The third-order valence-corrected chi connectivity index (χ3v) is 4.83. The van der Waals surface area contributed by atoms with Crippen LogP contribution in [0.2, 0.25) is 0 Å². The minimum atomic E-state index is -0.798. The summed E-state index contributed by atoms with van der Waals surface area (Å²) in [6, 6.07) is 13.8. The number of carbonyl (C=O) groups excluding carboxylic acids is 3. The van der Waals surface area contributed by atoms with Crippen LogP contribution in [0, 0.1) is 7.14 Å². The van der Waals surface area contributed by atoms with Gasteiger partial charge in [0, 0.05) is 14.1 Å². The number of esters is 3. The van der Waals surface area contributed by atoms with Crippen LogP contribution in [0.25, 0.3) is 0 Å². The zero-order chi connectivity index (χ0) is 21.2. The molecule has 0 aliphatic carbocycles. The van der Waals surface area contributed by atoms with Crippen molar-refractivity contribution in [3.63, 3.8) is 0 Å². The van der Waals surface area contributed by atoms with Crippen LogP contribution in [0.15, 0.2) is 48.5 Å². The third kappa shape index (κ3) is 8.66. The molecule has 0 saturated heterocycles. The SMILES string of the molecule is CC(=O)OCOC(COC(=O)c1cccc(I)c1)COC(=O)c1cccc(I)c1. The van der Waals surface area contributed by atoms with Crippen molar-refractivity contribution in [3.05, 3.63) is 66.8 Å². The maximum absolute atomic E-state index is 12.2. The van der Waals surface area contributed by atoms with E-state index in [0.717, 1.165) is 7.14 Å². The lowest BCUT2D eigenvalue weighted by Gasteiger charge is -2.18. The van der Waals surface area contributed by atoms with E-state index in [1.807, 2.05) is 12.1 Å². The topological polar surface area (TPSA) is 88.1 Å². The van der Waals surface area contributed by atoms with E-state index in [9.17, 15) is 14.4 Å². The normalized spacial score (nSPS) is 10.5. The van der Waals surface area contributed by atoms with Crippen molar-refractivity contribution in [2.24, 2.45) is 0 Å². The predicted octanol–water partition coefficient (Wildman–Crippen LogP) is 3.82. The van der Waals surface area contributed by atoms with Gasteiger partial charge in [-0.15, -0.1) is 0 Å². The van der Waals surface area contributed by atoms with Gasteiger partial charge in [0.1, 0.15) is 19.3 Å². The zero-order valence-corrected chi connectivity index (χ0v) is 19.7. The highest BCUT2D eigenvalue weighted by molar-refractivity contribution is 14.1. The van der Waals surface area contributed by atoms with Crippen molar-refractivity contribution in [3.8, 4) is 0 Å². The molecule has 0 heterocycles. The standard InChI is InChI=1S/C20H18I2O7/c1-13(23)28-12-29-18(10-26-19(24)14-4-2-6-16(21)8-14)11-27-20(25)15-5-3-7-17(22)9-15/h2-9,18H,10-12H2,1H3. The summed E-state index contributed by atoms with van der Waals surface area (Å²) < 4.78 is 22.4. The van der Waals surface area contributed by atoms with E-state index in [2.05, 4.69) is 45.2 Å². The number of hydrogen-bond acceptors (Lipinski definition) is 7. The van der Waals surface area contributed by atoms with E-state index in [4.69, 9.17) is 18.9 Å². The molecule has 2 aromatic carbocycles. The van der Waals surface area contributed by atoms with Crippen LogP contribution in [0.3, 0.4) is 0 Å². The number of halogens is 2. The summed E-state index contributed by atoms with van der Waals surface area (Å²) >= 11 is 4.19. The fraction of sp³-hybridized carbons (Fsp3) is 0.250. The fourth-order valence-corrected chi connectivity index (χ4v) is 3.18. The van der Waals surface area contributed by atoms with Gasteiger partial charge in [-0.3, -0.25) is 4.79 Å². The molecule has 0 N–H and O–H groups in total. The Morgan fingerprint density at radius 3 is 1.72 bits per heavy atom. The molecule has 0 fully saturated rings. The number of ether oxygens (including phenoxy) is 4. The largest absolute Gasteiger partial charge is 0.459 e. The molecule has 0 amide bonds. The van der Waals surface area contributed by atoms with Crippen LogP contribution in [0.4, 0.5) is 0 Å². The maximum Gasteiger partial charge on any atom is 0.338 e. The Morgan fingerprint density at radius 2 is 1.31 bits per heavy atom. The average molecular weight is 624 g/mol. The minimum Gasteiger partial charge on any atom is -0.459 e. The summed E-state index contributed by atoms with van der Waals surface area (Å²) in [5.41, 5.74) is 0.790. The summed E-state index contributed by atoms with van der Waals surface area (Å²) in [4.78, 5) is 35.3. The van der Waals surface area contributed by atoms with Gasteiger partial charge in [0.05, 0.1) is 11.1 Å². The molecule has 0 spiro atoms. The Kier molecular flexibility index (Phi) is 9.81. The van der Waals surface area contributed by atoms with Crippen molar-refractivity contribution in [1.29, 1.82) is 0 Å². The number of hydrogen-bond donors (Lipinski definition) is 0. The van der Waals surface area contributed by atoms with Crippen molar-refractivity contribution in [2.75, 3.05) is 20.0 Å². The Hall–Kier alpha value is -1.73.